The molecule has 0 saturated carbocycles. The second-order valence-electron chi connectivity index (χ2n) is 3.84. The monoisotopic (exact) mass is 176 g/mol. The van der Waals surface area contributed by atoms with Crippen molar-refractivity contribution < 1.29 is 0 Å². The Hall–Kier alpha value is -0.860. The Labute approximate surface area is 79.1 Å². The van der Waals surface area contributed by atoms with Crippen molar-refractivity contribution in [1.29, 1.82) is 0 Å². The molecule has 0 radical (unpaired) electrons. The maximum absolute atomic E-state index is 5.64. The maximum atomic E-state index is 5.64. The van der Waals surface area contributed by atoms with Crippen LogP contribution in [0.4, 0.5) is 0 Å². The third kappa shape index (κ3) is 1.90. The first-order chi connectivity index (χ1) is 6.25. The van der Waals surface area contributed by atoms with Crippen molar-refractivity contribution in [3.63, 3.8) is 0 Å². The topological polar surface area (TPSA) is 38.0 Å². The molecule has 2 atom stereocenters. The third-order valence-electron chi connectivity index (χ3n) is 2.62. The summed E-state index contributed by atoms with van der Waals surface area (Å²) in [5.41, 5.74) is 8.51. The maximum Gasteiger partial charge on any atom is 0.0517 e. The first-order valence-electron chi connectivity index (χ1n) is 4.83. The van der Waals surface area contributed by atoms with Crippen molar-refractivity contribution >= 4 is 0 Å². The summed E-state index contributed by atoms with van der Waals surface area (Å²) >= 11 is 0. The molecule has 0 spiro atoms. The van der Waals surface area contributed by atoms with Gasteiger partial charge in [0, 0.05) is 12.5 Å². The van der Waals surface area contributed by atoms with E-state index in [1.165, 1.54) is 17.5 Å². The molecule has 13 heavy (non-hydrogen) atoms. The van der Waals surface area contributed by atoms with E-state index < -0.39 is 0 Å². The largest absolute Gasteiger partial charge is 0.316 e. The number of nitrogens with one attached hydrogen (secondary N) is 1. The fraction of sp³-hybridized carbons (Fsp3) is 0.455. The van der Waals surface area contributed by atoms with Gasteiger partial charge in [-0.3, -0.25) is 0 Å². The van der Waals surface area contributed by atoms with Crippen molar-refractivity contribution in [3.8, 4) is 0 Å². The lowest BCUT2D eigenvalue weighted by molar-refractivity contribution is 0.508. The van der Waals surface area contributed by atoms with Crippen molar-refractivity contribution in [2.45, 2.75) is 25.4 Å². The quantitative estimate of drug-likeness (QED) is 0.680. The zero-order valence-electron chi connectivity index (χ0n) is 7.96. The summed E-state index contributed by atoms with van der Waals surface area (Å²) in [4.78, 5) is 0. The molecule has 2 unspecified atom stereocenters. The van der Waals surface area contributed by atoms with Gasteiger partial charge in [0.25, 0.3) is 0 Å². The molecule has 2 aliphatic rings. The minimum Gasteiger partial charge on any atom is -0.316 e. The minimum absolute atomic E-state index is 0.0963. The van der Waals surface area contributed by atoms with Crippen LogP contribution < -0.4 is 11.1 Å². The van der Waals surface area contributed by atoms with E-state index in [1.54, 1.807) is 0 Å². The Morgan fingerprint density at radius 3 is 2.62 bits per heavy atom. The summed E-state index contributed by atoms with van der Waals surface area (Å²) in [6.07, 6.45) is 1.27. The van der Waals surface area contributed by atoms with E-state index in [0.717, 1.165) is 6.54 Å². The van der Waals surface area contributed by atoms with Crippen LogP contribution in [0.15, 0.2) is 24.3 Å². The number of benzene rings is 1. The van der Waals surface area contributed by atoms with Crippen LogP contribution >= 0.6 is 0 Å². The van der Waals surface area contributed by atoms with Gasteiger partial charge < -0.3 is 11.1 Å². The Balaban J connectivity index is 1.99. The molecule has 0 fully saturated rings. The summed E-state index contributed by atoms with van der Waals surface area (Å²) in [5.74, 6) is 0.635. The SMILES string of the molecule is CC(N)NCC1Cc2ccc1cc2. The molecule has 2 bridgehead atoms. The van der Waals surface area contributed by atoms with E-state index >= 15 is 0 Å². The first-order valence-corrected chi connectivity index (χ1v) is 4.83. The number of hydrogen-bond acceptors (Lipinski definition) is 2. The van der Waals surface area contributed by atoms with Gasteiger partial charge in [-0.25, -0.2) is 0 Å². The van der Waals surface area contributed by atoms with Crippen LogP contribution in [0.3, 0.4) is 0 Å². The van der Waals surface area contributed by atoms with Gasteiger partial charge in [0.15, 0.2) is 0 Å². The second kappa shape index (κ2) is 3.48. The number of rotatable bonds is 3. The van der Waals surface area contributed by atoms with Gasteiger partial charge in [-0.15, -0.1) is 0 Å². The molecule has 1 aromatic carbocycles. The van der Waals surface area contributed by atoms with Crippen LogP contribution in [0.5, 0.6) is 0 Å². The smallest absolute Gasteiger partial charge is 0.0517 e. The highest BCUT2D eigenvalue weighted by atomic mass is 15.0. The second-order valence-corrected chi connectivity index (χ2v) is 3.84. The van der Waals surface area contributed by atoms with Crippen LogP contribution in [0.1, 0.15) is 24.0 Å². The predicted octanol–water partition coefficient (Wildman–Crippen LogP) is 1.22. The van der Waals surface area contributed by atoms with E-state index in [2.05, 4.69) is 29.6 Å². The summed E-state index contributed by atoms with van der Waals surface area (Å²) in [5, 5.41) is 3.28. The van der Waals surface area contributed by atoms with Gasteiger partial charge in [0.05, 0.1) is 6.17 Å². The summed E-state index contributed by atoms with van der Waals surface area (Å²) < 4.78 is 0. The molecule has 2 aliphatic carbocycles. The molecule has 0 saturated heterocycles. The molecule has 2 nitrogen and oxygen atoms in total. The van der Waals surface area contributed by atoms with Crippen molar-refractivity contribution in [2.75, 3.05) is 6.54 Å². The molecule has 2 heteroatoms. The van der Waals surface area contributed by atoms with Crippen LogP contribution in [0.25, 0.3) is 0 Å². The Morgan fingerprint density at radius 2 is 2.15 bits per heavy atom. The molecular weight excluding hydrogens is 160 g/mol. The predicted molar refractivity (Wildman–Crippen MR) is 54.5 cm³/mol. The van der Waals surface area contributed by atoms with E-state index in [0.29, 0.717) is 5.92 Å². The van der Waals surface area contributed by atoms with Crippen LogP contribution in [-0.2, 0) is 6.42 Å². The Kier molecular flexibility index (Phi) is 2.34. The molecule has 0 aliphatic heterocycles. The zero-order valence-corrected chi connectivity index (χ0v) is 7.96. The lowest BCUT2D eigenvalue weighted by atomic mass is 9.85. The van der Waals surface area contributed by atoms with E-state index in [-0.39, 0.29) is 6.17 Å². The summed E-state index contributed by atoms with van der Waals surface area (Å²) in [6, 6.07) is 8.84. The fourth-order valence-corrected chi connectivity index (χ4v) is 1.85. The molecule has 1 aromatic rings. The third-order valence-corrected chi connectivity index (χ3v) is 2.62. The van der Waals surface area contributed by atoms with Gasteiger partial charge in [0.2, 0.25) is 0 Å². The number of hydrogen-bond donors (Lipinski definition) is 2. The highest BCUT2D eigenvalue weighted by molar-refractivity contribution is 5.33. The molecular formula is C11H16N2. The van der Waals surface area contributed by atoms with Gasteiger partial charge in [-0.1, -0.05) is 24.3 Å². The van der Waals surface area contributed by atoms with Crippen molar-refractivity contribution in [1.82, 2.24) is 5.32 Å². The lowest BCUT2D eigenvalue weighted by Crippen LogP contribution is -2.37. The Bertz CT molecular complexity index is 277. The molecule has 0 aromatic heterocycles. The van der Waals surface area contributed by atoms with Crippen LogP contribution in [0, 0.1) is 0 Å². The minimum atomic E-state index is 0.0963. The van der Waals surface area contributed by atoms with E-state index in [9.17, 15) is 0 Å². The Morgan fingerprint density at radius 1 is 1.46 bits per heavy atom. The molecule has 0 amide bonds. The highest BCUT2D eigenvalue weighted by Crippen LogP contribution is 2.26. The van der Waals surface area contributed by atoms with Crippen LogP contribution in [0.2, 0.25) is 0 Å². The number of fused-ring (bicyclic) bond motifs is 3. The standard InChI is InChI=1S/C11H16N2/c1-8(12)13-7-11-6-9-2-4-10(11)5-3-9/h2-5,8,11,13H,6-7,12H2,1H3. The van der Waals surface area contributed by atoms with Crippen LogP contribution in [-0.4, -0.2) is 12.7 Å². The van der Waals surface area contributed by atoms with Crippen molar-refractivity contribution in [3.05, 3.63) is 35.4 Å². The van der Waals surface area contributed by atoms with Gasteiger partial charge in [0.1, 0.15) is 0 Å². The first kappa shape index (κ1) is 8.73. The molecule has 3 N–H and O–H groups in total. The lowest BCUT2D eigenvalue weighted by Gasteiger charge is -2.24. The summed E-state index contributed by atoms with van der Waals surface area (Å²) in [7, 11) is 0. The van der Waals surface area contributed by atoms with E-state index in [4.69, 9.17) is 5.73 Å². The molecule has 3 rings (SSSR count). The average Bonchev–Trinajstić information content (AvgIpc) is 2.17. The van der Waals surface area contributed by atoms with Crippen molar-refractivity contribution in [2.24, 2.45) is 5.73 Å². The van der Waals surface area contributed by atoms with E-state index in [1.807, 2.05) is 6.92 Å². The zero-order chi connectivity index (χ0) is 9.26. The normalized spacial score (nSPS) is 21.8. The fourth-order valence-electron chi connectivity index (χ4n) is 1.85. The molecule has 70 valence electrons. The van der Waals surface area contributed by atoms with Gasteiger partial charge in [-0.05, 0) is 24.5 Å². The number of nitrogens with two attached hydrogens (primary N) is 1. The van der Waals surface area contributed by atoms with Gasteiger partial charge in [-0.2, -0.15) is 0 Å². The average molecular weight is 176 g/mol. The highest BCUT2D eigenvalue weighted by Gasteiger charge is 2.17. The van der Waals surface area contributed by atoms with Gasteiger partial charge >= 0.3 is 0 Å². The molecule has 0 heterocycles. The summed E-state index contributed by atoms with van der Waals surface area (Å²) in [6.45, 7) is 2.97.